The Balaban J connectivity index is 2.04. The van der Waals surface area contributed by atoms with Crippen molar-refractivity contribution < 1.29 is 4.79 Å². The van der Waals surface area contributed by atoms with Crippen LogP contribution in [0.1, 0.15) is 33.6 Å². The zero-order valence-corrected chi connectivity index (χ0v) is 12.0. The van der Waals surface area contributed by atoms with Gasteiger partial charge in [0.15, 0.2) is 0 Å². The molecule has 1 saturated carbocycles. The molecular formula is C14H24N4O. The minimum Gasteiger partial charge on any atom is -0.351 e. The fraction of sp³-hybridized carbons (Fsp3) is 0.714. The van der Waals surface area contributed by atoms with Gasteiger partial charge in [0.2, 0.25) is 5.91 Å². The normalized spacial score (nSPS) is 18.9. The summed E-state index contributed by atoms with van der Waals surface area (Å²) in [6.07, 6.45) is 7.28. The summed E-state index contributed by atoms with van der Waals surface area (Å²) in [4.78, 5) is 16.4. The number of amides is 1. The number of carbonyl (C=O) groups is 1. The van der Waals surface area contributed by atoms with E-state index in [2.05, 4.69) is 31.1 Å². The molecule has 1 unspecified atom stereocenters. The van der Waals surface area contributed by atoms with Gasteiger partial charge in [-0.1, -0.05) is 20.8 Å². The van der Waals surface area contributed by atoms with Crippen molar-refractivity contribution in [2.75, 3.05) is 6.54 Å². The van der Waals surface area contributed by atoms with Crippen molar-refractivity contribution >= 4 is 5.91 Å². The fourth-order valence-electron chi connectivity index (χ4n) is 2.13. The SMILES string of the molecule is CC(C)(C)C(Cn1ccnc1)NC(=O)C1(CN)CC1. The lowest BCUT2D eigenvalue weighted by Gasteiger charge is -2.33. The van der Waals surface area contributed by atoms with Crippen LogP contribution in [0, 0.1) is 10.8 Å². The van der Waals surface area contributed by atoms with E-state index >= 15 is 0 Å². The number of rotatable bonds is 5. The second-order valence-corrected chi connectivity index (χ2v) is 6.64. The monoisotopic (exact) mass is 264 g/mol. The molecule has 1 aromatic rings. The van der Waals surface area contributed by atoms with E-state index in [0.717, 1.165) is 19.4 Å². The third-order valence-corrected chi connectivity index (χ3v) is 4.03. The van der Waals surface area contributed by atoms with Crippen molar-refractivity contribution in [2.24, 2.45) is 16.6 Å². The number of imidazole rings is 1. The summed E-state index contributed by atoms with van der Waals surface area (Å²) in [5.74, 6) is 0.107. The zero-order chi connectivity index (χ0) is 14.1. The van der Waals surface area contributed by atoms with E-state index in [0.29, 0.717) is 6.54 Å². The van der Waals surface area contributed by atoms with Crippen LogP contribution in [0.15, 0.2) is 18.7 Å². The maximum Gasteiger partial charge on any atom is 0.227 e. The summed E-state index contributed by atoms with van der Waals surface area (Å²) >= 11 is 0. The minimum absolute atomic E-state index is 0.00932. The standard InChI is InChI=1S/C14H24N4O/c1-13(2,3)11(8-18-7-6-16-10-18)17-12(19)14(9-15)4-5-14/h6-7,10-11H,4-5,8-9,15H2,1-3H3,(H,17,19). The first-order valence-electron chi connectivity index (χ1n) is 6.84. The molecule has 1 fully saturated rings. The van der Waals surface area contributed by atoms with E-state index in [4.69, 9.17) is 5.73 Å². The number of nitrogens with one attached hydrogen (secondary N) is 1. The molecule has 3 N–H and O–H groups in total. The molecule has 0 bridgehead atoms. The fourth-order valence-corrected chi connectivity index (χ4v) is 2.13. The van der Waals surface area contributed by atoms with Crippen LogP contribution in [0.3, 0.4) is 0 Å². The highest BCUT2D eigenvalue weighted by Crippen LogP contribution is 2.45. The van der Waals surface area contributed by atoms with Gasteiger partial charge in [0.05, 0.1) is 17.8 Å². The molecule has 1 heterocycles. The Bertz CT molecular complexity index is 429. The molecule has 1 aromatic heterocycles. The first-order chi connectivity index (χ1) is 8.87. The van der Waals surface area contributed by atoms with Crippen LogP contribution in [-0.2, 0) is 11.3 Å². The Morgan fingerprint density at radius 3 is 2.63 bits per heavy atom. The van der Waals surface area contributed by atoms with E-state index in [-0.39, 0.29) is 22.8 Å². The summed E-state index contributed by atoms with van der Waals surface area (Å²) in [5.41, 5.74) is 5.41. The largest absolute Gasteiger partial charge is 0.351 e. The van der Waals surface area contributed by atoms with E-state index < -0.39 is 0 Å². The first kappa shape index (κ1) is 14.1. The number of carbonyl (C=O) groups excluding carboxylic acids is 1. The van der Waals surface area contributed by atoms with Crippen molar-refractivity contribution in [1.29, 1.82) is 0 Å². The third-order valence-electron chi connectivity index (χ3n) is 4.03. The van der Waals surface area contributed by atoms with Crippen LogP contribution in [0.5, 0.6) is 0 Å². The molecule has 1 amide bonds. The van der Waals surface area contributed by atoms with E-state index in [1.54, 1.807) is 12.5 Å². The molecule has 5 nitrogen and oxygen atoms in total. The number of nitrogens with zero attached hydrogens (tertiary/aromatic N) is 2. The molecule has 1 atom stereocenters. The predicted octanol–water partition coefficient (Wildman–Crippen LogP) is 1.15. The van der Waals surface area contributed by atoms with Crippen LogP contribution in [-0.4, -0.2) is 28.0 Å². The molecule has 5 heteroatoms. The molecule has 0 aliphatic heterocycles. The molecule has 0 radical (unpaired) electrons. The Kier molecular flexibility index (Phi) is 3.67. The van der Waals surface area contributed by atoms with Crippen LogP contribution in [0.25, 0.3) is 0 Å². The Morgan fingerprint density at radius 2 is 2.21 bits per heavy atom. The van der Waals surface area contributed by atoms with Gasteiger partial charge in [-0.2, -0.15) is 0 Å². The second-order valence-electron chi connectivity index (χ2n) is 6.64. The lowest BCUT2D eigenvalue weighted by molar-refractivity contribution is -0.127. The summed E-state index contributed by atoms with van der Waals surface area (Å²) in [6.45, 7) is 7.58. The summed E-state index contributed by atoms with van der Waals surface area (Å²) in [5, 5.41) is 3.18. The smallest absolute Gasteiger partial charge is 0.227 e. The van der Waals surface area contributed by atoms with Crippen LogP contribution in [0.2, 0.25) is 0 Å². The van der Waals surface area contributed by atoms with Gasteiger partial charge in [-0.05, 0) is 18.3 Å². The predicted molar refractivity (Wildman–Crippen MR) is 74.3 cm³/mol. The Hall–Kier alpha value is -1.36. The number of hydrogen-bond donors (Lipinski definition) is 2. The summed E-state index contributed by atoms with van der Waals surface area (Å²) in [7, 11) is 0. The zero-order valence-electron chi connectivity index (χ0n) is 12.0. The van der Waals surface area contributed by atoms with Crippen molar-refractivity contribution in [3.8, 4) is 0 Å². The quantitative estimate of drug-likeness (QED) is 0.838. The van der Waals surface area contributed by atoms with E-state index in [9.17, 15) is 4.79 Å². The Morgan fingerprint density at radius 1 is 1.53 bits per heavy atom. The van der Waals surface area contributed by atoms with Crippen molar-refractivity contribution in [3.63, 3.8) is 0 Å². The van der Waals surface area contributed by atoms with Crippen molar-refractivity contribution in [3.05, 3.63) is 18.7 Å². The minimum atomic E-state index is -0.293. The van der Waals surface area contributed by atoms with Gasteiger partial charge in [0, 0.05) is 25.5 Å². The van der Waals surface area contributed by atoms with Gasteiger partial charge < -0.3 is 15.6 Å². The van der Waals surface area contributed by atoms with Gasteiger partial charge in [0.1, 0.15) is 0 Å². The highest BCUT2D eigenvalue weighted by atomic mass is 16.2. The average Bonchev–Trinajstić information content (AvgIpc) is 2.98. The number of aromatic nitrogens is 2. The van der Waals surface area contributed by atoms with Crippen molar-refractivity contribution in [2.45, 2.75) is 46.2 Å². The number of nitrogens with two attached hydrogens (primary N) is 1. The molecule has 0 aromatic carbocycles. The van der Waals surface area contributed by atoms with Crippen molar-refractivity contribution in [1.82, 2.24) is 14.9 Å². The maximum absolute atomic E-state index is 12.3. The highest BCUT2D eigenvalue weighted by Gasteiger charge is 2.49. The molecule has 106 valence electrons. The van der Waals surface area contributed by atoms with Crippen LogP contribution >= 0.6 is 0 Å². The van der Waals surface area contributed by atoms with Gasteiger partial charge in [-0.3, -0.25) is 4.79 Å². The second kappa shape index (κ2) is 4.96. The molecule has 0 saturated heterocycles. The molecular weight excluding hydrogens is 240 g/mol. The average molecular weight is 264 g/mol. The highest BCUT2D eigenvalue weighted by molar-refractivity contribution is 5.85. The lowest BCUT2D eigenvalue weighted by Crippen LogP contribution is -2.50. The van der Waals surface area contributed by atoms with Gasteiger partial charge >= 0.3 is 0 Å². The Labute approximate surface area is 114 Å². The molecule has 1 aliphatic rings. The topological polar surface area (TPSA) is 72.9 Å². The maximum atomic E-state index is 12.3. The first-order valence-corrected chi connectivity index (χ1v) is 6.84. The summed E-state index contributed by atoms with van der Waals surface area (Å²) in [6, 6.07) is 0.0678. The molecule has 2 rings (SSSR count). The van der Waals surface area contributed by atoms with Gasteiger partial charge in [-0.25, -0.2) is 4.98 Å². The molecule has 19 heavy (non-hydrogen) atoms. The van der Waals surface area contributed by atoms with Crippen LogP contribution in [0.4, 0.5) is 0 Å². The lowest BCUT2D eigenvalue weighted by atomic mass is 9.86. The summed E-state index contributed by atoms with van der Waals surface area (Å²) < 4.78 is 2.00. The van der Waals surface area contributed by atoms with Gasteiger partial charge in [-0.15, -0.1) is 0 Å². The van der Waals surface area contributed by atoms with Gasteiger partial charge in [0.25, 0.3) is 0 Å². The third kappa shape index (κ3) is 3.15. The van der Waals surface area contributed by atoms with Crippen LogP contribution < -0.4 is 11.1 Å². The van der Waals surface area contributed by atoms with E-state index in [1.165, 1.54) is 0 Å². The molecule has 0 spiro atoms. The number of hydrogen-bond acceptors (Lipinski definition) is 3. The molecule has 1 aliphatic carbocycles. The van der Waals surface area contributed by atoms with E-state index in [1.807, 2.05) is 10.8 Å².